The molecule has 24 heavy (non-hydrogen) atoms. The van der Waals surface area contributed by atoms with Crippen molar-refractivity contribution in [3.8, 4) is 0 Å². The van der Waals surface area contributed by atoms with Crippen LogP contribution in [-0.4, -0.2) is 57.0 Å². The zero-order valence-corrected chi connectivity index (χ0v) is 14.2. The minimum Gasteiger partial charge on any atom is -0.368 e. The molecule has 0 bridgehead atoms. The number of rotatable bonds is 5. The third kappa shape index (κ3) is 3.86. The van der Waals surface area contributed by atoms with Crippen LogP contribution in [0.1, 0.15) is 12.8 Å². The van der Waals surface area contributed by atoms with E-state index < -0.39 is 10.2 Å². The molecule has 8 nitrogen and oxygen atoms in total. The van der Waals surface area contributed by atoms with Gasteiger partial charge in [-0.1, -0.05) is 18.2 Å². The molecule has 9 heteroatoms. The van der Waals surface area contributed by atoms with Gasteiger partial charge < -0.3 is 10.6 Å². The first-order valence-electron chi connectivity index (χ1n) is 7.98. The van der Waals surface area contributed by atoms with Gasteiger partial charge in [-0.2, -0.15) is 13.1 Å². The summed E-state index contributed by atoms with van der Waals surface area (Å²) in [5.74, 6) is -0.334. The molecular weight excluding hydrogens is 330 g/mol. The third-order valence-electron chi connectivity index (χ3n) is 4.76. The largest absolute Gasteiger partial charge is 0.368 e. The van der Waals surface area contributed by atoms with E-state index in [2.05, 4.69) is 9.62 Å². The average Bonchev–Trinajstić information content (AvgIpc) is 3.13. The van der Waals surface area contributed by atoms with Crippen LogP contribution in [0.5, 0.6) is 0 Å². The van der Waals surface area contributed by atoms with Gasteiger partial charge >= 0.3 is 0 Å². The first-order valence-corrected chi connectivity index (χ1v) is 9.53. The van der Waals surface area contributed by atoms with E-state index in [4.69, 9.17) is 10.9 Å². The van der Waals surface area contributed by atoms with Gasteiger partial charge in [0.15, 0.2) is 0 Å². The van der Waals surface area contributed by atoms with E-state index in [9.17, 15) is 13.2 Å². The number of nitrogens with zero attached hydrogens (tertiary/aromatic N) is 2. The molecule has 0 saturated carbocycles. The van der Waals surface area contributed by atoms with Crippen LogP contribution in [0, 0.1) is 0 Å². The normalized spacial score (nSPS) is 28.4. The van der Waals surface area contributed by atoms with Crippen molar-refractivity contribution in [3.05, 3.63) is 30.3 Å². The van der Waals surface area contributed by atoms with Crippen LogP contribution in [0.2, 0.25) is 0 Å². The number of amides is 1. The Kier molecular flexibility index (Phi) is 4.77. The van der Waals surface area contributed by atoms with Crippen molar-refractivity contribution < 1.29 is 13.2 Å². The molecule has 5 N–H and O–H groups in total. The number of para-hydroxylation sites is 1. The number of nitrogens with one attached hydrogen (secondary N) is 1. The molecule has 132 valence electrons. The van der Waals surface area contributed by atoms with E-state index in [1.807, 2.05) is 35.2 Å². The van der Waals surface area contributed by atoms with Crippen molar-refractivity contribution in [1.29, 1.82) is 0 Å². The number of primary amides is 1. The Balaban J connectivity index is 1.69. The van der Waals surface area contributed by atoms with E-state index in [0.29, 0.717) is 25.9 Å². The molecule has 3 unspecified atom stereocenters. The minimum atomic E-state index is -3.69. The maximum Gasteiger partial charge on any atom is 0.274 e. The van der Waals surface area contributed by atoms with Crippen LogP contribution in [0.15, 0.2) is 30.3 Å². The van der Waals surface area contributed by atoms with Crippen LogP contribution in [0.3, 0.4) is 0 Å². The summed E-state index contributed by atoms with van der Waals surface area (Å²) in [4.78, 5) is 16.1. The van der Waals surface area contributed by atoms with Crippen LogP contribution in [0.4, 0.5) is 5.69 Å². The summed E-state index contributed by atoms with van der Waals surface area (Å²) in [6.45, 7) is 2.06. The van der Waals surface area contributed by atoms with Crippen molar-refractivity contribution in [2.24, 2.45) is 10.9 Å². The quantitative estimate of drug-likeness (QED) is 0.626. The predicted molar refractivity (Wildman–Crippen MR) is 91.4 cm³/mol. The number of carbonyl (C=O) groups is 1. The lowest BCUT2D eigenvalue weighted by molar-refractivity contribution is -0.119. The fraction of sp³-hybridized carbons (Fsp3) is 0.533. The molecule has 2 heterocycles. The number of hydrogen-bond donors (Lipinski definition) is 3. The maximum absolute atomic E-state index is 11.9. The second-order valence-corrected chi connectivity index (χ2v) is 7.76. The SMILES string of the molecule is NC(=O)C1CC(N2CCC(NS(N)(=O)=O)C2)CN1c1ccccc1. The highest BCUT2D eigenvalue weighted by Gasteiger charge is 2.40. The molecule has 2 aliphatic rings. The summed E-state index contributed by atoms with van der Waals surface area (Å²) < 4.78 is 24.8. The molecule has 1 amide bonds. The highest BCUT2D eigenvalue weighted by molar-refractivity contribution is 7.87. The molecule has 0 aliphatic carbocycles. The highest BCUT2D eigenvalue weighted by Crippen LogP contribution is 2.29. The van der Waals surface area contributed by atoms with E-state index in [0.717, 1.165) is 12.2 Å². The number of likely N-dealkylation sites (tertiary alicyclic amines) is 1. The monoisotopic (exact) mass is 353 g/mol. The molecule has 0 aromatic heterocycles. The van der Waals surface area contributed by atoms with Gasteiger partial charge in [-0.3, -0.25) is 9.69 Å². The summed E-state index contributed by atoms with van der Waals surface area (Å²) >= 11 is 0. The van der Waals surface area contributed by atoms with Crippen molar-refractivity contribution in [2.75, 3.05) is 24.5 Å². The highest BCUT2D eigenvalue weighted by atomic mass is 32.2. The number of benzene rings is 1. The van der Waals surface area contributed by atoms with Crippen molar-refractivity contribution in [1.82, 2.24) is 9.62 Å². The van der Waals surface area contributed by atoms with Gasteiger partial charge in [0, 0.05) is 37.4 Å². The van der Waals surface area contributed by atoms with E-state index in [-0.39, 0.29) is 24.0 Å². The van der Waals surface area contributed by atoms with E-state index >= 15 is 0 Å². The molecule has 0 radical (unpaired) electrons. The lowest BCUT2D eigenvalue weighted by Gasteiger charge is -2.26. The molecule has 2 fully saturated rings. The first-order chi connectivity index (χ1) is 11.3. The second kappa shape index (κ2) is 6.67. The topological polar surface area (TPSA) is 122 Å². The summed E-state index contributed by atoms with van der Waals surface area (Å²) in [6, 6.07) is 9.36. The maximum atomic E-state index is 11.9. The Morgan fingerprint density at radius 2 is 1.92 bits per heavy atom. The summed E-state index contributed by atoms with van der Waals surface area (Å²) in [6.07, 6.45) is 1.35. The van der Waals surface area contributed by atoms with Gasteiger partial charge in [0.25, 0.3) is 10.2 Å². The molecule has 0 spiro atoms. The van der Waals surface area contributed by atoms with Crippen molar-refractivity contribution in [3.63, 3.8) is 0 Å². The Labute approximate surface area is 142 Å². The summed E-state index contributed by atoms with van der Waals surface area (Å²) in [5.41, 5.74) is 6.56. The zero-order valence-electron chi connectivity index (χ0n) is 13.3. The minimum absolute atomic E-state index is 0.162. The predicted octanol–water partition coefficient (Wildman–Crippen LogP) is -1.01. The standard InChI is InChI=1S/C15H23N5O3S/c16-15(21)14-8-13(10-20(14)12-4-2-1-3-5-12)19-7-6-11(9-19)18-24(17,22)23/h1-5,11,13-14,18H,6-10H2,(H2,16,21)(H2,17,22,23). The first kappa shape index (κ1) is 17.2. The number of anilines is 1. The fourth-order valence-corrected chi connectivity index (χ4v) is 4.36. The molecular formula is C15H23N5O3S. The number of carbonyl (C=O) groups excluding carboxylic acids is 1. The molecule has 1 aromatic carbocycles. The van der Waals surface area contributed by atoms with Gasteiger partial charge in [-0.15, -0.1) is 0 Å². The van der Waals surface area contributed by atoms with Gasteiger partial charge in [-0.05, 0) is 25.0 Å². The van der Waals surface area contributed by atoms with Crippen LogP contribution >= 0.6 is 0 Å². The van der Waals surface area contributed by atoms with E-state index in [1.54, 1.807) is 0 Å². The van der Waals surface area contributed by atoms with Gasteiger partial charge in [0.05, 0.1) is 0 Å². The van der Waals surface area contributed by atoms with Gasteiger partial charge in [0.2, 0.25) is 5.91 Å². The molecule has 1 aromatic rings. The Bertz CT molecular complexity index is 696. The number of nitrogens with two attached hydrogens (primary N) is 2. The van der Waals surface area contributed by atoms with Crippen LogP contribution in [-0.2, 0) is 15.0 Å². The summed E-state index contributed by atoms with van der Waals surface area (Å²) in [7, 11) is -3.69. The number of hydrogen-bond acceptors (Lipinski definition) is 5. The second-order valence-electron chi connectivity index (χ2n) is 6.44. The van der Waals surface area contributed by atoms with Crippen molar-refractivity contribution >= 4 is 21.8 Å². The summed E-state index contributed by atoms with van der Waals surface area (Å²) in [5, 5.41) is 5.05. The van der Waals surface area contributed by atoms with Crippen LogP contribution < -0.4 is 20.5 Å². The molecule has 3 rings (SSSR count). The fourth-order valence-electron chi connectivity index (χ4n) is 3.70. The Hall–Kier alpha value is -1.68. The lowest BCUT2D eigenvalue weighted by atomic mass is 10.1. The molecule has 2 saturated heterocycles. The average molecular weight is 353 g/mol. The Morgan fingerprint density at radius 3 is 2.54 bits per heavy atom. The third-order valence-corrected chi connectivity index (χ3v) is 5.42. The van der Waals surface area contributed by atoms with Gasteiger partial charge in [0.1, 0.15) is 6.04 Å². The lowest BCUT2D eigenvalue weighted by Crippen LogP contribution is -2.43. The van der Waals surface area contributed by atoms with Crippen LogP contribution in [0.25, 0.3) is 0 Å². The van der Waals surface area contributed by atoms with E-state index in [1.165, 1.54) is 0 Å². The van der Waals surface area contributed by atoms with Gasteiger partial charge in [-0.25, -0.2) is 5.14 Å². The Morgan fingerprint density at radius 1 is 1.21 bits per heavy atom. The smallest absolute Gasteiger partial charge is 0.274 e. The molecule has 2 aliphatic heterocycles. The zero-order chi connectivity index (χ0) is 17.3. The molecule has 3 atom stereocenters. The van der Waals surface area contributed by atoms with Crippen molar-refractivity contribution in [2.45, 2.75) is 31.0 Å².